The molecule has 270 valence electrons. The maximum Gasteiger partial charge on any atom is 0.238 e. The van der Waals surface area contributed by atoms with E-state index in [2.05, 4.69) is 126 Å². The fourth-order valence-corrected chi connectivity index (χ4v) is 6.97. The maximum absolute atomic E-state index is 10.7. The van der Waals surface area contributed by atoms with Gasteiger partial charge in [-0.05, 0) is 102 Å². The summed E-state index contributed by atoms with van der Waals surface area (Å²) in [6.07, 6.45) is 6.16. The van der Waals surface area contributed by atoms with E-state index in [0.717, 1.165) is 61.5 Å². The molecule has 2 aliphatic rings. The van der Waals surface area contributed by atoms with E-state index in [0.29, 0.717) is 19.5 Å². The third kappa shape index (κ3) is 9.35. The quantitative estimate of drug-likeness (QED) is 0.154. The Labute approximate surface area is 305 Å². The molecule has 0 atom stereocenters. The van der Waals surface area contributed by atoms with Gasteiger partial charge in [0.1, 0.15) is 0 Å². The van der Waals surface area contributed by atoms with Gasteiger partial charge in [-0.1, -0.05) is 113 Å². The minimum atomic E-state index is -0.0848. The molecule has 1 saturated heterocycles. The Bertz CT molecular complexity index is 1800. The molecule has 2 aliphatic heterocycles. The van der Waals surface area contributed by atoms with Gasteiger partial charge in [0.15, 0.2) is 0 Å². The van der Waals surface area contributed by atoms with Crippen LogP contribution in [0.3, 0.4) is 0 Å². The highest BCUT2D eigenvalue weighted by atomic mass is 16.6. The fourth-order valence-electron chi connectivity index (χ4n) is 6.97. The maximum atomic E-state index is 10.7. The van der Waals surface area contributed by atoms with Crippen LogP contribution < -0.4 is 0 Å². The number of benzene rings is 4. The molecule has 2 N–H and O–H groups in total. The molecule has 1 amide bonds. The summed E-state index contributed by atoms with van der Waals surface area (Å²) < 4.78 is 0. The predicted octanol–water partition coefficient (Wildman–Crippen LogP) is 8.89. The van der Waals surface area contributed by atoms with Crippen molar-refractivity contribution in [2.24, 2.45) is 0 Å². The molecule has 0 bridgehead atoms. The van der Waals surface area contributed by atoms with E-state index in [-0.39, 0.29) is 11.3 Å². The number of nitrogens with zero attached hydrogens (tertiary/aromatic N) is 4. The summed E-state index contributed by atoms with van der Waals surface area (Å²) in [6, 6.07) is 31.8. The van der Waals surface area contributed by atoms with E-state index in [1.165, 1.54) is 67.3 Å². The summed E-state index contributed by atoms with van der Waals surface area (Å²) in [5.41, 5.74) is 13.9. The third-order valence-electron chi connectivity index (χ3n) is 10.5. The zero-order valence-electron chi connectivity index (χ0n) is 31.5. The lowest BCUT2D eigenvalue weighted by Gasteiger charge is -2.37. The molecule has 4 aromatic rings. The average molecular weight is 689 g/mol. The minimum absolute atomic E-state index is 0.000000000000000222. The summed E-state index contributed by atoms with van der Waals surface area (Å²) in [6.45, 7) is 17.5. The molecule has 0 aliphatic carbocycles. The van der Waals surface area contributed by atoms with Crippen molar-refractivity contribution in [3.05, 3.63) is 147 Å². The Morgan fingerprint density at radius 2 is 1.31 bits per heavy atom. The monoisotopic (exact) mass is 688 g/mol. The molecule has 0 unspecified atom stereocenters. The van der Waals surface area contributed by atoms with Gasteiger partial charge in [0.05, 0.1) is 5.70 Å². The fraction of sp³-hybridized carbons (Fsp3) is 0.386. The molecule has 0 spiro atoms. The van der Waals surface area contributed by atoms with Crippen LogP contribution in [0.5, 0.6) is 0 Å². The highest BCUT2D eigenvalue weighted by Gasteiger charge is 2.25. The SMILES string of the molecule is C=C1c2cc(Cc3ccc(C(C)(C)c4ccc(Cc5ccc(C)c(C)c5)cc4)cc3)ccc2CCN1N(O)CCCC.CN(O)N1CCCC1=O. The van der Waals surface area contributed by atoms with E-state index in [1.807, 2.05) is 5.01 Å². The lowest BCUT2D eigenvalue weighted by Crippen LogP contribution is -2.42. The molecule has 6 rings (SSSR count). The third-order valence-corrected chi connectivity index (χ3v) is 10.5. The lowest BCUT2D eigenvalue weighted by atomic mass is 9.77. The number of aryl methyl sites for hydroxylation is 2. The number of hydroxylamine groups is 2. The first kappa shape index (κ1) is 38.0. The zero-order chi connectivity index (χ0) is 36.7. The number of unbranched alkanes of at least 4 members (excludes halogenated alkanes) is 1. The van der Waals surface area contributed by atoms with Crippen molar-refractivity contribution < 1.29 is 15.2 Å². The van der Waals surface area contributed by atoms with Gasteiger partial charge in [-0.3, -0.25) is 25.2 Å². The van der Waals surface area contributed by atoms with Crippen molar-refractivity contribution in [1.82, 2.24) is 20.4 Å². The largest absolute Gasteiger partial charge is 0.295 e. The molecule has 7 heteroatoms. The van der Waals surface area contributed by atoms with Crippen LogP contribution in [0.25, 0.3) is 5.70 Å². The zero-order valence-corrected chi connectivity index (χ0v) is 31.5. The summed E-state index contributed by atoms with van der Waals surface area (Å²) >= 11 is 0. The summed E-state index contributed by atoms with van der Waals surface area (Å²) in [4.78, 5) is 10.7. The number of fused-ring (bicyclic) bond motifs is 1. The molecule has 0 saturated carbocycles. The van der Waals surface area contributed by atoms with Crippen molar-refractivity contribution in [1.29, 1.82) is 0 Å². The molecule has 1 fully saturated rings. The smallest absolute Gasteiger partial charge is 0.238 e. The van der Waals surface area contributed by atoms with Gasteiger partial charge >= 0.3 is 0 Å². The van der Waals surface area contributed by atoms with Crippen molar-refractivity contribution >= 4 is 11.6 Å². The van der Waals surface area contributed by atoms with Crippen LogP contribution in [0.2, 0.25) is 0 Å². The standard InChI is InChI=1S/C39H46N2O.C5H10N2O2/c1-7-8-22-41(42)40-23-21-35-16-11-34(27-38(35)30(40)4)26-32-14-19-37(20-15-32)39(5,6)36-17-12-31(13-18-36)25-33-10-9-28(2)29(3)24-33;1-6(9)7-4-2-3-5(7)8/h9-20,24,27,42H,4,7-8,21-23,25-26H2,1-3,5-6H3;9H,2-4H2,1H3. The average Bonchev–Trinajstić information content (AvgIpc) is 3.56. The van der Waals surface area contributed by atoms with Gasteiger partial charge in [0.25, 0.3) is 0 Å². The number of hydrogen-bond donors (Lipinski definition) is 2. The summed E-state index contributed by atoms with van der Waals surface area (Å²) in [5.74, 6) is 0.000000000000000222. The van der Waals surface area contributed by atoms with Crippen LogP contribution in [0.1, 0.15) is 102 Å². The van der Waals surface area contributed by atoms with Crippen LogP contribution in [-0.4, -0.2) is 63.4 Å². The molecular formula is C44H56N4O3. The van der Waals surface area contributed by atoms with Gasteiger partial charge in [-0.15, -0.1) is 10.3 Å². The summed E-state index contributed by atoms with van der Waals surface area (Å²) in [5, 5.41) is 24.8. The minimum Gasteiger partial charge on any atom is -0.295 e. The van der Waals surface area contributed by atoms with E-state index < -0.39 is 0 Å². The second-order valence-electron chi connectivity index (χ2n) is 14.7. The number of rotatable bonds is 11. The van der Waals surface area contributed by atoms with Crippen molar-refractivity contribution in [3.8, 4) is 0 Å². The van der Waals surface area contributed by atoms with Crippen molar-refractivity contribution in [2.45, 2.75) is 85.0 Å². The molecule has 7 nitrogen and oxygen atoms in total. The van der Waals surface area contributed by atoms with Crippen LogP contribution >= 0.6 is 0 Å². The molecule has 2 heterocycles. The topological polar surface area (TPSA) is 70.5 Å². The Balaban J connectivity index is 0.000000488. The second-order valence-corrected chi connectivity index (χ2v) is 14.7. The van der Waals surface area contributed by atoms with Crippen LogP contribution in [0.4, 0.5) is 0 Å². The predicted molar refractivity (Wildman–Crippen MR) is 206 cm³/mol. The van der Waals surface area contributed by atoms with Gasteiger partial charge < -0.3 is 0 Å². The van der Waals surface area contributed by atoms with Gasteiger partial charge in [0.2, 0.25) is 5.91 Å². The first-order chi connectivity index (χ1) is 24.4. The number of carbonyl (C=O) groups is 1. The Kier molecular flexibility index (Phi) is 12.5. The van der Waals surface area contributed by atoms with Crippen molar-refractivity contribution in [3.63, 3.8) is 0 Å². The molecular weight excluding hydrogens is 633 g/mol. The summed E-state index contributed by atoms with van der Waals surface area (Å²) in [7, 11) is 1.45. The molecule has 0 aromatic heterocycles. The van der Waals surface area contributed by atoms with Gasteiger partial charge in [-0.25, -0.2) is 0 Å². The first-order valence-corrected chi connectivity index (χ1v) is 18.4. The number of amides is 1. The van der Waals surface area contributed by atoms with Crippen molar-refractivity contribution in [2.75, 3.05) is 26.7 Å². The molecule has 51 heavy (non-hydrogen) atoms. The van der Waals surface area contributed by atoms with E-state index in [4.69, 9.17) is 5.21 Å². The van der Waals surface area contributed by atoms with E-state index in [9.17, 15) is 10.0 Å². The van der Waals surface area contributed by atoms with Crippen LogP contribution in [0.15, 0.2) is 91.5 Å². The van der Waals surface area contributed by atoms with Gasteiger partial charge in [0, 0.05) is 44.1 Å². The number of carbonyl (C=O) groups excluding carboxylic acids is 1. The lowest BCUT2D eigenvalue weighted by molar-refractivity contribution is -0.218. The van der Waals surface area contributed by atoms with Crippen LogP contribution in [-0.2, 0) is 29.5 Å². The number of hydrogen-bond acceptors (Lipinski definition) is 6. The van der Waals surface area contributed by atoms with Gasteiger partial charge in [-0.2, -0.15) is 0 Å². The molecule has 0 radical (unpaired) electrons. The van der Waals surface area contributed by atoms with Crippen LogP contribution in [0, 0.1) is 13.8 Å². The van der Waals surface area contributed by atoms with E-state index >= 15 is 0 Å². The Hall–Kier alpha value is -4.27. The second kappa shape index (κ2) is 16.8. The highest BCUT2D eigenvalue weighted by Crippen LogP contribution is 2.33. The first-order valence-electron chi connectivity index (χ1n) is 18.4. The highest BCUT2D eigenvalue weighted by molar-refractivity contribution is 5.77. The Morgan fingerprint density at radius 3 is 1.82 bits per heavy atom. The normalized spacial score (nSPS) is 14.6. The molecule has 4 aromatic carbocycles. The Morgan fingerprint density at radius 1 is 0.745 bits per heavy atom. The van der Waals surface area contributed by atoms with E-state index in [1.54, 1.807) is 0 Å². The number of hydrazine groups is 2.